The normalized spacial score (nSPS) is 12.7. The summed E-state index contributed by atoms with van der Waals surface area (Å²) in [6, 6.07) is 7.08. The molecule has 1 heterocycles. The number of carbonyl (C=O) groups is 2. The molecule has 3 aromatic rings. The van der Waals surface area contributed by atoms with E-state index < -0.39 is 41.3 Å². The molecule has 0 aliphatic heterocycles. The fourth-order valence-electron chi connectivity index (χ4n) is 3.54. The lowest BCUT2D eigenvalue weighted by Gasteiger charge is -2.18. The predicted octanol–water partition coefficient (Wildman–Crippen LogP) is 3.35. The van der Waals surface area contributed by atoms with E-state index in [2.05, 4.69) is 15.6 Å². The Balaban J connectivity index is 1.65. The quantitative estimate of drug-likeness (QED) is 0.420. The Morgan fingerprint density at radius 2 is 1.74 bits per heavy atom. The van der Waals surface area contributed by atoms with E-state index in [0.29, 0.717) is 24.5 Å². The highest BCUT2D eigenvalue weighted by molar-refractivity contribution is 5.96. The number of rotatable bonds is 10. The summed E-state index contributed by atoms with van der Waals surface area (Å²) in [5.41, 5.74) is 0.810. The minimum absolute atomic E-state index is 0.153. The number of benzene rings is 2. The van der Waals surface area contributed by atoms with Gasteiger partial charge in [0.2, 0.25) is 11.8 Å². The van der Waals surface area contributed by atoms with E-state index in [-0.39, 0.29) is 24.4 Å². The molecule has 0 spiro atoms. The fraction of sp³-hybridized carbons (Fsp3) is 0.292. The van der Waals surface area contributed by atoms with Gasteiger partial charge >= 0.3 is 0 Å². The summed E-state index contributed by atoms with van der Waals surface area (Å²) >= 11 is 0. The van der Waals surface area contributed by atoms with Crippen molar-refractivity contribution in [1.82, 2.24) is 14.9 Å². The van der Waals surface area contributed by atoms with Crippen LogP contribution in [0, 0.1) is 17.5 Å². The van der Waals surface area contributed by atoms with Crippen molar-refractivity contribution in [2.75, 3.05) is 11.9 Å². The largest absolute Gasteiger partial charge is 0.394 e. The predicted molar refractivity (Wildman–Crippen MR) is 119 cm³/mol. The summed E-state index contributed by atoms with van der Waals surface area (Å²) in [5.74, 6) is -2.83. The second-order valence-electron chi connectivity index (χ2n) is 7.81. The van der Waals surface area contributed by atoms with E-state index in [0.717, 1.165) is 12.1 Å². The zero-order chi connectivity index (χ0) is 24.7. The number of hydrogen-bond acceptors (Lipinski definition) is 4. The Hall–Kier alpha value is -3.66. The number of halogens is 3. The van der Waals surface area contributed by atoms with Gasteiger partial charge in [-0.1, -0.05) is 25.5 Å². The van der Waals surface area contributed by atoms with E-state index in [1.54, 1.807) is 16.7 Å². The summed E-state index contributed by atoms with van der Waals surface area (Å²) in [6.07, 6.45) is 3.59. The zero-order valence-corrected chi connectivity index (χ0v) is 18.5. The van der Waals surface area contributed by atoms with Crippen LogP contribution < -0.4 is 10.6 Å². The van der Waals surface area contributed by atoms with Crippen molar-refractivity contribution in [3.8, 4) is 0 Å². The van der Waals surface area contributed by atoms with Gasteiger partial charge in [-0.15, -0.1) is 0 Å². The summed E-state index contributed by atoms with van der Waals surface area (Å²) in [5, 5.41) is 15.0. The van der Waals surface area contributed by atoms with Gasteiger partial charge in [0, 0.05) is 12.3 Å². The number of nitrogens with one attached hydrogen (secondary N) is 2. The summed E-state index contributed by atoms with van der Waals surface area (Å²) in [7, 11) is 0. The topological polar surface area (TPSA) is 96.2 Å². The molecule has 3 N–H and O–H groups in total. The molecule has 3 rings (SSSR count). The summed E-state index contributed by atoms with van der Waals surface area (Å²) in [6.45, 7) is 1.57. The average molecular weight is 474 g/mol. The Kier molecular flexibility index (Phi) is 8.42. The molecule has 0 fully saturated rings. The van der Waals surface area contributed by atoms with Crippen LogP contribution in [0.3, 0.4) is 0 Å². The van der Waals surface area contributed by atoms with Gasteiger partial charge in [0.05, 0.1) is 25.4 Å². The van der Waals surface area contributed by atoms with Crippen LogP contribution in [0.2, 0.25) is 0 Å². The Labute approximate surface area is 194 Å². The number of imidazole rings is 1. The van der Waals surface area contributed by atoms with Gasteiger partial charge in [0.15, 0.2) is 5.82 Å². The fourth-order valence-corrected chi connectivity index (χ4v) is 3.54. The van der Waals surface area contributed by atoms with E-state index in [9.17, 15) is 27.9 Å². The minimum atomic E-state index is -0.883. The Bertz CT molecular complexity index is 1110. The highest BCUT2D eigenvalue weighted by Crippen LogP contribution is 2.20. The summed E-state index contributed by atoms with van der Waals surface area (Å²) in [4.78, 5) is 29.3. The van der Waals surface area contributed by atoms with Crippen LogP contribution in [0.4, 0.5) is 19.0 Å². The monoisotopic (exact) mass is 474 g/mol. The van der Waals surface area contributed by atoms with Crippen molar-refractivity contribution in [1.29, 1.82) is 0 Å². The molecule has 0 saturated heterocycles. The molecule has 0 unspecified atom stereocenters. The third kappa shape index (κ3) is 6.67. The second kappa shape index (κ2) is 11.5. The highest BCUT2D eigenvalue weighted by Gasteiger charge is 2.22. The molecular weight excluding hydrogens is 449 g/mol. The van der Waals surface area contributed by atoms with Crippen LogP contribution in [0.1, 0.15) is 36.9 Å². The standard InChI is InChI=1S/C24H25F3N4O3/c1-2-3-20(29-23(33)10-15-8-18(26)11-19(27)9-15)24(34)30-22-12-31(14-28-22)21(13-32)16-4-6-17(25)7-5-16/h4-9,11-12,14,20-21,32H,2-3,10,13H2,1H3,(H,29,33)(H,30,34)/t20-,21-/m0/s1. The van der Waals surface area contributed by atoms with Gasteiger partial charge in [-0.05, 0) is 41.8 Å². The van der Waals surface area contributed by atoms with Crippen molar-refractivity contribution in [3.63, 3.8) is 0 Å². The molecule has 2 aromatic carbocycles. The number of amides is 2. The minimum Gasteiger partial charge on any atom is -0.394 e. The van der Waals surface area contributed by atoms with Crippen LogP contribution >= 0.6 is 0 Å². The molecule has 0 aliphatic carbocycles. The first kappa shape index (κ1) is 25.0. The van der Waals surface area contributed by atoms with E-state index in [1.165, 1.54) is 24.7 Å². The molecule has 0 aliphatic rings. The molecule has 2 atom stereocenters. The van der Waals surface area contributed by atoms with Crippen LogP contribution in [0.25, 0.3) is 0 Å². The van der Waals surface area contributed by atoms with Gasteiger partial charge in [-0.2, -0.15) is 0 Å². The van der Waals surface area contributed by atoms with Crippen molar-refractivity contribution in [2.24, 2.45) is 0 Å². The molecule has 10 heteroatoms. The first-order valence-corrected chi connectivity index (χ1v) is 10.7. The van der Waals surface area contributed by atoms with Gasteiger partial charge in [-0.3, -0.25) is 9.59 Å². The number of anilines is 1. The first-order chi connectivity index (χ1) is 16.3. The Morgan fingerprint density at radius 1 is 1.06 bits per heavy atom. The van der Waals surface area contributed by atoms with Gasteiger partial charge in [0.25, 0.3) is 0 Å². The maximum absolute atomic E-state index is 13.4. The molecule has 1 aromatic heterocycles. The number of carbonyl (C=O) groups excluding carboxylic acids is 2. The molecule has 7 nitrogen and oxygen atoms in total. The number of aliphatic hydroxyl groups excluding tert-OH is 1. The SMILES string of the molecule is CCC[C@H](NC(=O)Cc1cc(F)cc(F)c1)C(=O)Nc1cn([C@@H](CO)c2ccc(F)cc2)cn1. The van der Waals surface area contributed by atoms with Crippen molar-refractivity contribution in [3.05, 3.63) is 83.6 Å². The van der Waals surface area contributed by atoms with E-state index in [4.69, 9.17) is 0 Å². The zero-order valence-electron chi connectivity index (χ0n) is 18.5. The van der Waals surface area contributed by atoms with Crippen molar-refractivity contribution >= 4 is 17.6 Å². The summed E-state index contributed by atoms with van der Waals surface area (Å²) < 4.78 is 41.5. The number of aromatic nitrogens is 2. The Morgan fingerprint density at radius 3 is 2.35 bits per heavy atom. The van der Waals surface area contributed by atoms with E-state index in [1.807, 2.05) is 6.92 Å². The first-order valence-electron chi connectivity index (χ1n) is 10.7. The number of hydrogen-bond donors (Lipinski definition) is 3. The van der Waals surface area contributed by atoms with Crippen LogP contribution in [0.15, 0.2) is 55.0 Å². The second-order valence-corrected chi connectivity index (χ2v) is 7.81. The van der Waals surface area contributed by atoms with Crippen LogP contribution in [-0.4, -0.2) is 39.1 Å². The number of nitrogens with zero attached hydrogens (tertiary/aromatic N) is 2. The molecule has 34 heavy (non-hydrogen) atoms. The van der Waals surface area contributed by atoms with Gasteiger partial charge in [-0.25, -0.2) is 18.2 Å². The third-order valence-corrected chi connectivity index (χ3v) is 5.16. The average Bonchev–Trinajstić information content (AvgIpc) is 3.22. The molecule has 0 bridgehead atoms. The number of aliphatic hydroxyl groups is 1. The molecule has 180 valence electrons. The lowest BCUT2D eigenvalue weighted by atomic mass is 10.1. The van der Waals surface area contributed by atoms with Gasteiger partial charge < -0.3 is 20.3 Å². The molecule has 0 radical (unpaired) electrons. The highest BCUT2D eigenvalue weighted by atomic mass is 19.1. The molecular formula is C24H25F3N4O3. The van der Waals surface area contributed by atoms with Gasteiger partial charge in [0.1, 0.15) is 23.5 Å². The molecule has 0 saturated carbocycles. The van der Waals surface area contributed by atoms with E-state index >= 15 is 0 Å². The lowest BCUT2D eigenvalue weighted by molar-refractivity contribution is -0.126. The van der Waals surface area contributed by atoms with Crippen molar-refractivity contribution in [2.45, 2.75) is 38.3 Å². The lowest BCUT2D eigenvalue weighted by Crippen LogP contribution is -2.44. The molecule has 2 amide bonds. The van der Waals surface area contributed by atoms with Crippen LogP contribution in [-0.2, 0) is 16.0 Å². The van der Waals surface area contributed by atoms with Crippen LogP contribution in [0.5, 0.6) is 0 Å². The maximum atomic E-state index is 13.4. The smallest absolute Gasteiger partial charge is 0.248 e. The maximum Gasteiger partial charge on any atom is 0.248 e. The van der Waals surface area contributed by atoms with Crippen molar-refractivity contribution < 1.29 is 27.9 Å². The third-order valence-electron chi connectivity index (χ3n) is 5.16.